The van der Waals surface area contributed by atoms with Gasteiger partial charge in [0.15, 0.2) is 11.5 Å². The van der Waals surface area contributed by atoms with Crippen molar-refractivity contribution in [1.29, 1.82) is 0 Å². The van der Waals surface area contributed by atoms with E-state index >= 15 is 0 Å². The Balaban J connectivity index is 1.35. The van der Waals surface area contributed by atoms with Crippen LogP contribution in [0.5, 0.6) is 11.5 Å². The Kier molecular flexibility index (Phi) is 4.86. The van der Waals surface area contributed by atoms with Crippen LogP contribution in [0.3, 0.4) is 0 Å². The summed E-state index contributed by atoms with van der Waals surface area (Å²) in [6, 6.07) is 6.16. The normalized spacial score (nSPS) is 17.9. The van der Waals surface area contributed by atoms with E-state index in [1.54, 1.807) is 0 Å². The standard InChI is InChI=1S/C18H25NO3/c1-13(15-6-7-15)18(20)19-9-3-2-4-14-5-8-16-17(12-14)22-11-10-21-16/h5,8,12-13,15H,2-4,6-7,9-11H2,1H3,(H,19,20). The summed E-state index contributed by atoms with van der Waals surface area (Å²) in [6.45, 7) is 4.08. The van der Waals surface area contributed by atoms with Crippen molar-refractivity contribution in [3.63, 3.8) is 0 Å². The first kappa shape index (κ1) is 15.2. The number of aryl methyl sites for hydroxylation is 1. The molecule has 2 aliphatic rings. The Morgan fingerprint density at radius 3 is 2.77 bits per heavy atom. The second kappa shape index (κ2) is 7.03. The van der Waals surface area contributed by atoms with E-state index in [2.05, 4.69) is 17.4 Å². The first-order valence-electron chi connectivity index (χ1n) is 8.40. The van der Waals surface area contributed by atoms with Gasteiger partial charge in [0.1, 0.15) is 13.2 Å². The number of rotatable bonds is 7. The molecule has 22 heavy (non-hydrogen) atoms. The Morgan fingerprint density at radius 1 is 1.23 bits per heavy atom. The van der Waals surface area contributed by atoms with Crippen molar-refractivity contribution < 1.29 is 14.3 Å². The van der Waals surface area contributed by atoms with E-state index in [9.17, 15) is 4.79 Å². The first-order valence-corrected chi connectivity index (χ1v) is 8.40. The molecule has 1 heterocycles. The molecule has 1 atom stereocenters. The minimum atomic E-state index is 0.192. The number of carbonyl (C=O) groups is 1. The van der Waals surface area contributed by atoms with Gasteiger partial charge in [0.05, 0.1) is 0 Å². The van der Waals surface area contributed by atoms with Crippen LogP contribution in [0, 0.1) is 11.8 Å². The highest BCUT2D eigenvalue weighted by Gasteiger charge is 2.32. The number of fused-ring (bicyclic) bond motifs is 1. The summed E-state index contributed by atoms with van der Waals surface area (Å²) in [5, 5.41) is 3.06. The molecule has 0 aromatic heterocycles. The highest BCUT2D eigenvalue weighted by molar-refractivity contribution is 5.78. The largest absolute Gasteiger partial charge is 0.486 e. The van der Waals surface area contributed by atoms with Gasteiger partial charge >= 0.3 is 0 Å². The van der Waals surface area contributed by atoms with Crippen molar-refractivity contribution in [1.82, 2.24) is 5.32 Å². The molecule has 1 aromatic rings. The zero-order valence-electron chi connectivity index (χ0n) is 13.3. The molecule has 1 saturated carbocycles. The van der Waals surface area contributed by atoms with Crippen LogP contribution in [-0.4, -0.2) is 25.7 Å². The van der Waals surface area contributed by atoms with E-state index < -0.39 is 0 Å². The number of nitrogens with one attached hydrogen (secondary N) is 1. The molecule has 4 nitrogen and oxygen atoms in total. The third kappa shape index (κ3) is 3.93. The molecule has 3 rings (SSSR count). The second-order valence-electron chi connectivity index (χ2n) is 6.35. The van der Waals surface area contributed by atoms with Crippen LogP contribution in [0.15, 0.2) is 18.2 Å². The molecule has 0 bridgehead atoms. The van der Waals surface area contributed by atoms with E-state index in [1.807, 2.05) is 13.0 Å². The van der Waals surface area contributed by atoms with Gasteiger partial charge in [-0.25, -0.2) is 0 Å². The lowest BCUT2D eigenvalue weighted by atomic mass is 10.1. The molecule has 1 fully saturated rings. The topological polar surface area (TPSA) is 47.6 Å². The Labute approximate surface area is 132 Å². The van der Waals surface area contributed by atoms with Crippen LogP contribution in [-0.2, 0) is 11.2 Å². The van der Waals surface area contributed by atoms with Crippen molar-refractivity contribution in [2.45, 2.75) is 39.0 Å². The van der Waals surface area contributed by atoms with E-state index in [-0.39, 0.29) is 11.8 Å². The predicted octanol–water partition coefficient (Wildman–Crippen LogP) is 2.94. The maximum absolute atomic E-state index is 11.9. The highest BCUT2D eigenvalue weighted by atomic mass is 16.6. The zero-order chi connectivity index (χ0) is 15.4. The minimum Gasteiger partial charge on any atom is -0.486 e. The summed E-state index contributed by atoms with van der Waals surface area (Å²) in [5.74, 6) is 2.75. The van der Waals surface area contributed by atoms with Crippen LogP contribution in [0.25, 0.3) is 0 Å². The number of carbonyl (C=O) groups excluding carboxylic acids is 1. The van der Waals surface area contributed by atoms with E-state index in [0.29, 0.717) is 19.1 Å². The summed E-state index contributed by atoms with van der Waals surface area (Å²) in [6.07, 6.45) is 5.53. The smallest absolute Gasteiger partial charge is 0.223 e. The number of ether oxygens (including phenoxy) is 2. The monoisotopic (exact) mass is 303 g/mol. The van der Waals surface area contributed by atoms with Gasteiger partial charge in [0.25, 0.3) is 0 Å². The van der Waals surface area contributed by atoms with Gasteiger partial charge in [-0.1, -0.05) is 13.0 Å². The maximum atomic E-state index is 11.9. The van der Waals surface area contributed by atoms with E-state index in [0.717, 1.165) is 37.3 Å². The fourth-order valence-electron chi connectivity index (χ4n) is 2.88. The van der Waals surface area contributed by atoms with Crippen molar-refractivity contribution in [3.8, 4) is 11.5 Å². The third-order valence-corrected chi connectivity index (χ3v) is 4.54. The summed E-state index contributed by atoms with van der Waals surface area (Å²) in [5.41, 5.74) is 1.27. The molecule has 120 valence electrons. The average Bonchev–Trinajstić information content (AvgIpc) is 3.38. The number of hydrogen-bond acceptors (Lipinski definition) is 3. The van der Waals surface area contributed by atoms with E-state index in [4.69, 9.17) is 9.47 Å². The fourth-order valence-corrected chi connectivity index (χ4v) is 2.88. The SMILES string of the molecule is CC(C(=O)NCCCCc1ccc2c(c1)OCCO2)C1CC1. The summed E-state index contributed by atoms with van der Waals surface area (Å²) in [4.78, 5) is 11.9. The van der Waals surface area contributed by atoms with Crippen LogP contribution in [0.1, 0.15) is 38.2 Å². The van der Waals surface area contributed by atoms with Gasteiger partial charge in [0, 0.05) is 12.5 Å². The molecular weight excluding hydrogens is 278 g/mol. The number of amides is 1. The lowest BCUT2D eigenvalue weighted by Gasteiger charge is -2.18. The van der Waals surface area contributed by atoms with E-state index in [1.165, 1.54) is 18.4 Å². The van der Waals surface area contributed by atoms with Crippen LogP contribution in [0.4, 0.5) is 0 Å². The minimum absolute atomic E-state index is 0.192. The lowest BCUT2D eigenvalue weighted by molar-refractivity contribution is -0.125. The molecule has 1 aliphatic carbocycles. The zero-order valence-corrected chi connectivity index (χ0v) is 13.3. The fraction of sp³-hybridized carbons (Fsp3) is 0.611. The van der Waals surface area contributed by atoms with Crippen molar-refractivity contribution in [2.24, 2.45) is 11.8 Å². The van der Waals surface area contributed by atoms with Crippen LogP contribution < -0.4 is 14.8 Å². The van der Waals surface area contributed by atoms with Gasteiger partial charge in [-0.3, -0.25) is 4.79 Å². The van der Waals surface area contributed by atoms with Gasteiger partial charge in [-0.15, -0.1) is 0 Å². The van der Waals surface area contributed by atoms with Gasteiger partial charge in [-0.2, -0.15) is 0 Å². The summed E-state index contributed by atoms with van der Waals surface area (Å²) < 4.78 is 11.1. The lowest BCUT2D eigenvalue weighted by Crippen LogP contribution is -2.31. The number of unbranched alkanes of at least 4 members (excludes halogenated alkanes) is 1. The molecule has 1 amide bonds. The summed E-state index contributed by atoms with van der Waals surface area (Å²) >= 11 is 0. The van der Waals surface area contributed by atoms with Crippen molar-refractivity contribution >= 4 is 5.91 Å². The quantitative estimate of drug-likeness (QED) is 0.788. The molecule has 0 saturated heterocycles. The van der Waals surface area contributed by atoms with Crippen molar-refractivity contribution in [2.75, 3.05) is 19.8 Å². The van der Waals surface area contributed by atoms with Gasteiger partial charge < -0.3 is 14.8 Å². The molecular formula is C18H25NO3. The molecule has 1 N–H and O–H groups in total. The van der Waals surface area contributed by atoms with Gasteiger partial charge in [-0.05, 0) is 55.7 Å². The van der Waals surface area contributed by atoms with Gasteiger partial charge in [0.2, 0.25) is 5.91 Å². The molecule has 1 aromatic carbocycles. The molecule has 1 unspecified atom stereocenters. The van der Waals surface area contributed by atoms with Crippen LogP contribution in [0.2, 0.25) is 0 Å². The first-order chi connectivity index (χ1) is 10.7. The highest BCUT2D eigenvalue weighted by Crippen LogP contribution is 2.36. The Bertz CT molecular complexity index is 525. The molecule has 0 radical (unpaired) electrons. The molecule has 1 aliphatic heterocycles. The van der Waals surface area contributed by atoms with Crippen molar-refractivity contribution in [3.05, 3.63) is 23.8 Å². The summed E-state index contributed by atoms with van der Waals surface area (Å²) in [7, 11) is 0. The number of benzene rings is 1. The average molecular weight is 303 g/mol. The molecule has 0 spiro atoms. The maximum Gasteiger partial charge on any atom is 0.223 e. The predicted molar refractivity (Wildman–Crippen MR) is 85.3 cm³/mol. The molecule has 4 heteroatoms. The Morgan fingerprint density at radius 2 is 2.00 bits per heavy atom. The Hall–Kier alpha value is -1.71. The second-order valence-corrected chi connectivity index (χ2v) is 6.35. The van der Waals surface area contributed by atoms with Crippen LogP contribution >= 0.6 is 0 Å². The third-order valence-electron chi connectivity index (χ3n) is 4.54. The number of hydrogen-bond donors (Lipinski definition) is 1.